The van der Waals surface area contributed by atoms with Gasteiger partial charge in [0.2, 0.25) is 0 Å². The van der Waals surface area contributed by atoms with Gasteiger partial charge in [0.1, 0.15) is 17.8 Å². The smallest absolute Gasteiger partial charge is 0.338 e. The minimum atomic E-state index is -4.46. The van der Waals surface area contributed by atoms with E-state index in [1.54, 1.807) is 10.8 Å². The fourth-order valence-electron chi connectivity index (χ4n) is 3.39. The van der Waals surface area contributed by atoms with E-state index in [2.05, 4.69) is 15.3 Å². The topological polar surface area (TPSA) is 80.1 Å². The zero-order valence-corrected chi connectivity index (χ0v) is 15.7. The van der Waals surface area contributed by atoms with Gasteiger partial charge in [-0.15, -0.1) is 0 Å². The molecule has 2 amide bonds. The number of nitrogens with one attached hydrogen (secondary N) is 1. The molecule has 30 heavy (non-hydrogen) atoms. The molecule has 1 aliphatic heterocycles. The van der Waals surface area contributed by atoms with Crippen LogP contribution in [0.15, 0.2) is 55.1 Å². The van der Waals surface area contributed by atoms with Crippen LogP contribution in [-0.2, 0) is 6.18 Å². The van der Waals surface area contributed by atoms with Gasteiger partial charge < -0.3 is 14.8 Å². The van der Waals surface area contributed by atoms with Gasteiger partial charge in [0.25, 0.3) is 11.8 Å². The minimum absolute atomic E-state index is 0.155. The van der Waals surface area contributed by atoms with Crippen LogP contribution < -0.4 is 10.2 Å². The number of alkyl halides is 3. The molecule has 0 saturated carbocycles. The molecule has 0 bridgehead atoms. The van der Waals surface area contributed by atoms with Gasteiger partial charge in [-0.2, -0.15) is 13.2 Å². The van der Waals surface area contributed by atoms with E-state index in [0.29, 0.717) is 5.69 Å². The number of amides is 2. The maximum atomic E-state index is 13.2. The van der Waals surface area contributed by atoms with Crippen molar-refractivity contribution in [3.63, 3.8) is 0 Å². The number of aromatic nitrogens is 3. The predicted molar refractivity (Wildman–Crippen MR) is 102 cm³/mol. The largest absolute Gasteiger partial charge is 0.416 e. The Labute approximate surface area is 169 Å². The van der Waals surface area contributed by atoms with Gasteiger partial charge in [0, 0.05) is 30.7 Å². The molecule has 154 valence electrons. The predicted octanol–water partition coefficient (Wildman–Crippen LogP) is 3.77. The summed E-state index contributed by atoms with van der Waals surface area (Å²) in [6.45, 7) is 2.12. The molecule has 3 aromatic rings. The van der Waals surface area contributed by atoms with Crippen LogP contribution in [0, 0.1) is 0 Å². The summed E-state index contributed by atoms with van der Waals surface area (Å²) in [5.41, 5.74) is -0.145. The molecule has 10 heteroatoms. The third-order valence-electron chi connectivity index (χ3n) is 4.86. The Morgan fingerprint density at radius 1 is 1.17 bits per heavy atom. The van der Waals surface area contributed by atoms with E-state index < -0.39 is 23.6 Å². The first-order valence-corrected chi connectivity index (χ1v) is 9.03. The van der Waals surface area contributed by atoms with E-state index >= 15 is 0 Å². The lowest BCUT2D eigenvalue weighted by atomic mass is 10.1. The zero-order chi connectivity index (χ0) is 21.5. The molecule has 0 fully saturated rings. The van der Waals surface area contributed by atoms with Crippen molar-refractivity contribution in [3.8, 4) is 0 Å². The average Bonchev–Trinajstić information content (AvgIpc) is 3.17. The van der Waals surface area contributed by atoms with Crippen LogP contribution in [0.1, 0.15) is 39.4 Å². The summed E-state index contributed by atoms with van der Waals surface area (Å²) in [5, 5.41) is 2.61. The number of fused-ring (bicyclic) bond motifs is 1. The maximum absolute atomic E-state index is 13.2. The average molecular weight is 415 g/mol. The Kier molecular flexibility index (Phi) is 4.76. The molecule has 7 nitrogen and oxygen atoms in total. The first kappa shape index (κ1) is 19.6. The number of hydrogen-bond donors (Lipinski definition) is 1. The van der Waals surface area contributed by atoms with Crippen LogP contribution in [0.5, 0.6) is 0 Å². The Morgan fingerprint density at radius 3 is 2.53 bits per heavy atom. The van der Waals surface area contributed by atoms with E-state index in [4.69, 9.17) is 0 Å². The number of anilines is 2. The van der Waals surface area contributed by atoms with Gasteiger partial charge in [-0.3, -0.25) is 9.59 Å². The molecule has 0 aliphatic carbocycles. The molecule has 4 rings (SSSR count). The van der Waals surface area contributed by atoms with Crippen LogP contribution in [0.2, 0.25) is 0 Å². The SMILES string of the molecule is C[C@H]1CN(c2ccc(C(F)(F)F)cc2)C(=O)c2c(C(=O)Nc3ccncn3)ccn21. The lowest BCUT2D eigenvalue weighted by molar-refractivity contribution is -0.137. The lowest BCUT2D eigenvalue weighted by Gasteiger charge is -2.33. The molecule has 1 aromatic carbocycles. The number of halogens is 3. The number of rotatable bonds is 3. The Hall–Kier alpha value is -3.69. The Balaban J connectivity index is 1.65. The van der Waals surface area contributed by atoms with Gasteiger partial charge in [0.05, 0.1) is 11.1 Å². The van der Waals surface area contributed by atoms with E-state index in [0.717, 1.165) is 12.1 Å². The molecule has 1 atom stereocenters. The normalized spacial score (nSPS) is 16.3. The lowest BCUT2D eigenvalue weighted by Crippen LogP contribution is -2.43. The minimum Gasteiger partial charge on any atom is -0.338 e. The summed E-state index contributed by atoms with van der Waals surface area (Å²) in [5.74, 6) is -0.700. The van der Waals surface area contributed by atoms with Crippen molar-refractivity contribution in [2.45, 2.75) is 19.1 Å². The summed E-state index contributed by atoms with van der Waals surface area (Å²) in [4.78, 5) is 35.0. The third kappa shape index (κ3) is 3.51. The molecule has 0 unspecified atom stereocenters. The maximum Gasteiger partial charge on any atom is 0.416 e. The van der Waals surface area contributed by atoms with Gasteiger partial charge in [-0.1, -0.05) is 0 Å². The van der Waals surface area contributed by atoms with Crippen molar-refractivity contribution in [1.29, 1.82) is 0 Å². The zero-order valence-electron chi connectivity index (χ0n) is 15.7. The quantitative estimate of drug-likeness (QED) is 0.706. The van der Waals surface area contributed by atoms with Gasteiger partial charge in [-0.25, -0.2) is 9.97 Å². The number of hydrogen-bond acceptors (Lipinski definition) is 4. The highest BCUT2D eigenvalue weighted by molar-refractivity contribution is 6.15. The summed E-state index contributed by atoms with van der Waals surface area (Å²) in [6.07, 6.45) is -0.0582. The molecule has 3 heterocycles. The van der Waals surface area contributed by atoms with E-state index in [1.807, 2.05) is 6.92 Å². The fourth-order valence-corrected chi connectivity index (χ4v) is 3.39. The number of carbonyl (C=O) groups is 2. The molecule has 0 saturated heterocycles. The van der Waals surface area contributed by atoms with Crippen molar-refractivity contribution in [3.05, 3.63) is 71.9 Å². The number of benzene rings is 1. The van der Waals surface area contributed by atoms with E-state index in [1.165, 1.54) is 41.7 Å². The fraction of sp³-hybridized carbons (Fsp3) is 0.200. The Morgan fingerprint density at radius 2 is 1.90 bits per heavy atom. The highest BCUT2D eigenvalue weighted by Crippen LogP contribution is 2.33. The second kappa shape index (κ2) is 7.29. The van der Waals surface area contributed by atoms with Crippen LogP contribution >= 0.6 is 0 Å². The van der Waals surface area contributed by atoms with E-state index in [9.17, 15) is 22.8 Å². The van der Waals surface area contributed by atoms with Crippen molar-refractivity contribution in [1.82, 2.24) is 14.5 Å². The highest BCUT2D eigenvalue weighted by Gasteiger charge is 2.35. The van der Waals surface area contributed by atoms with Crippen molar-refractivity contribution in [2.24, 2.45) is 0 Å². The van der Waals surface area contributed by atoms with Crippen LogP contribution in [-0.4, -0.2) is 32.9 Å². The van der Waals surface area contributed by atoms with Crippen molar-refractivity contribution < 1.29 is 22.8 Å². The van der Waals surface area contributed by atoms with Crippen LogP contribution in [0.3, 0.4) is 0 Å². The molecule has 1 aliphatic rings. The molecule has 0 radical (unpaired) electrons. The molecular formula is C20H16F3N5O2. The second-order valence-corrected chi connectivity index (χ2v) is 6.84. The molecule has 2 aromatic heterocycles. The summed E-state index contributed by atoms with van der Waals surface area (Å²) in [7, 11) is 0. The third-order valence-corrected chi connectivity index (χ3v) is 4.86. The van der Waals surface area contributed by atoms with Crippen molar-refractivity contribution in [2.75, 3.05) is 16.8 Å². The standard InChI is InChI=1S/C20H16F3N5O2/c1-12-10-28(14-4-2-13(3-5-14)20(21,22)23)19(30)17-15(7-9-27(12)17)18(29)26-16-6-8-24-11-25-16/h2-9,11-12H,10H2,1H3,(H,24,25,26,29)/t12-/m0/s1. The Bertz CT molecular complexity index is 1090. The molecule has 1 N–H and O–H groups in total. The highest BCUT2D eigenvalue weighted by atomic mass is 19.4. The molecule has 0 spiro atoms. The monoisotopic (exact) mass is 415 g/mol. The first-order chi connectivity index (χ1) is 14.3. The summed E-state index contributed by atoms with van der Waals surface area (Å²) < 4.78 is 40.2. The van der Waals surface area contributed by atoms with Crippen molar-refractivity contribution >= 4 is 23.3 Å². The van der Waals surface area contributed by atoms with E-state index in [-0.39, 0.29) is 29.7 Å². The van der Waals surface area contributed by atoms with Gasteiger partial charge >= 0.3 is 6.18 Å². The van der Waals surface area contributed by atoms with Crippen LogP contribution in [0.25, 0.3) is 0 Å². The number of carbonyl (C=O) groups excluding carboxylic acids is 2. The number of nitrogens with zero attached hydrogens (tertiary/aromatic N) is 4. The summed E-state index contributed by atoms with van der Waals surface area (Å²) in [6, 6.07) is 7.25. The molecular weight excluding hydrogens is 399 g/mol. The first-order valence-electron chi connectivity index (χ1n) is 9.03. The van der Waals surface area contributed by atoms with Gasteiger partial charge in [0.15, 0.2) is 0 Å². The van der Waals surface area contributed by atoms with Crippen LogP contribution in [0.4, 0.5) is 24.7 Å². The summed E-state index contributed by atoms with van der Waals surface area (Å²) >= 11 is 0. The second-order valence-electron chi connectivity index (χ2n) is 6.84. The van der Waals surface area contributed by atoms with Gasteiger partial charge in [-0.05, 0) is 43.3 Å².